The number of imide groups is 1. The number of piperidine rings is 2. The van der Waals surface area contributed by atoms with Crippen molar-refractivity contribution in [3.05, 3.63) is 232 Å². The van der Waals surface area contributed by atoms with E-state index in [4.69, 9.17) is 5.73 Å². The molecular formula is C105H135ClF5N12NaO19PdS. The predicted molar refractivity (Wildman–Crippen MR) is 534 cm³/mol. The van der Waals surface area contributed by atoms with E-state index in [1.165, 1.54) is 138 Å². The molecule has 6 atom stereocenters. The third-order valence-electron chi connectivity index (χ3n) is 26.4. The number of anilines is 5. The Hall–Kier alpha value is -10.8. The third-order valence-corrected chi connectivity index (χ3v) is 26.4. The number of hydrogen-bond donors (Lipinski definition) is 6. The van der Waals surface area contributed by atoms with Gasteiger partial charge in [0.25, 0.3) is 5.91 Å². The first-order valence-electron chi connectivity index (χ1n) is 48.6. The van der Waals surface area contributed by atoms with Crippen molar-refractivity contribution < 1.29 is 165 Å². The summed E-state index contributed by atoms with van der Waals surface area (Å²) in [5, 5.41) is 24.8. The van der Waals surface area contributed by atoms with Crippen LogP contribution >= 0.6 is 10.7 Å². The van der Waals surface area contributed by atoms with Crippen LogP contribution in [0.15, 0.2) is 158 Å². The maximum absolute atomic E-state index is 14.9. The molecule has 2 saturated heterocycles. The molecule has 5 aliphatic heterocycles. The molecule has 788 valence electrons. The Labute approximate surface area is 885 Å². The summed E-state index contributed by atoms with van der Waals surface area (Å²) in [5.41, 5.74) is 12.8. The van der Waals surface area contributed by atoms with Gasteiger partial charge in [0.15, 0.2) is 0 Å². The van der Waals surface area contributed by atoms with Crippen molar-refractivity contribution in [1.29, 1.82) is 0 Å². The second kappa shape index (κ2) is 58.1. The molecule has 0 bridgehead atoms. The number of aliphatic hydroxyl groups excluding tert-OH is 1. The zero-order valence-corrected chi connectivity index (χ0v) is 88.0. The summed E-state index contributed by atoms with van der Waals surface area (Å²) < 4.78 is 104. The number of hydrogen-bond acceptors (Lipinski definition) is 19. The average molecular weight is 2160 g/mol. The third kappa shape index (κ3) is 36.9. The molecule has 40 heteroatoms. The Bertz CT molecular complexity index is 5800. The number of aryl methyl sites for hydroxylation is 2. The van der Waals surface area contributed by atoms with Crippen LogP contribution < -0.4 is 56.6 Å². The number of likely N-dealkylation sites (tertiary alicyclic amines) is 2. The number of benzene rings is 6. The van der Waals surface area contributed by atoms with E-state index in [0.29, 0.717) is 111 Å². The van der Waals surface area contributed by atoms with Gasteiger partial charge in [-0.05, 0) is 258 Å². The molecule has 145 heavy (non-hydrogen) atoms. The molecule has 10 amide bonds. The molecule has 0 radical (unpaired) electrons. The van der Waals surface area contributed by atoms with Crippen LogP contribution in [0.5, 0.6) is 0 Å². The van der Waals surface area contributed by atoms with E-state index in [9.17, 15) is 83.4 Å². The summed E-state index contributed by atoms with van der Waals surface area (Å²) >= 11 is 0. The molecule has 7 aromatic rings. The van der Waals surface area contributed by atoms with Crippen molar-refractivity contribution >= 4 is 108 Å². The van der Waals surface area contributed by atoms with Gasteiger partial charge in [-0.15, -0.1) is 0 Å². The normalized spacial score (nSPS) is 17.7. The van der Waals surface area contributed by atoms with Gasteiger partial charge in [-0.2, -0.15) is 5.10 Å². The number of aliphatic hydroxyl groups is 1. The smallest absolute Gasteiger partial charge is 0.870 e. The standard InChI is InChI=1S/C30H33FN4O2.C19H25FN2O4.C19H23FN2O4.C19H23FN2O3.C17H21FN2O.CH3ClO2S.Na.3H2O.Pd.H2/c1-3-21-7-6-8-24(18-21)35-28(17-20(2)33-35)30(37)32-26-19-23(13-14-25(26)31)27(15-12-22-10-11-22)34-16-5-4-9-29(34)36;2*1-26-19(25)21-15-11-13(8-9-14(15)20)16(10-7-12-5-6-12)22-17(23)3-2-4-18(22)24;1-25-19(24)21-16-12-14(8-9-15(16)20)17(10-7-13-5-6-13)22-11-3-2-4-18(22)23;18-14-8-7-13(11-15(14)19)16(9-6-12-4-5-12)20-10-2-1-3-17(20)21;1-5(2,3)4;;;;;;/h5-8,13-14,16-19,22,27H,3-4,9-12,15H2,1-2H3,(H,32,37);8-9,11-12,16-17,23H,2-7,10H2,1H3,(H,21,25);8-9,11-12,16H,2-7,10H2,1H3,(H,21,25);3,8-9,11-13,17H,2,4-7,10H2,1H3,(H,21,24);2,7-8,10-12,16H,1,3-6,9,19H2;1H3;;3*1H2;;1H/q;;;;;;+1;;;;;/p-1. The first-order valence-corrected chi connectivity index (χ1v) is 51.3. The number of nitrogen functional groups attached to an aromatic ring is 1. The monoisotopic (exact) mass is 2160 g/mol. The number of nitrogens with one attached hydrogen (secondary N) is 4. The van der Waals surface area contributed by atoms with Crippen LogP contribution in [0, 0.1) is 65.6 Å². The summed E-state index contributed by atoms with van der Waals surface area (Å²) in [6.07, 6.45) is 38.2. The van der Waals surface area contributed by atoms with Crippen LogP contribution in [0.4, 0.5) is 64.8 Å². The minimum absolute atomic E-state index is 0. The van der Waals surface area contributed by atoms with Gasteiger partial charge in [0.05, 0.1) is 97.6 Å². The number of carbonyl (C=O) groups is 10. The van der Waals surface area contributed by atoms with Gasteiger partial charge in [0.1, 0.15) is 41.0 Å². The fourth-order valence-corrected chi connectivity index (χ4v) is 17.9. The van der Waals surface area contributed by atoms with E-state index in [1.807, 2.05) is 68.0 Å². The van der Waals surface area contributed by atoms with Crippen LogP contribution in [0.1, 0.15) is 294 Å². The molecule has 6 aromatic carbocycles. The second-order valence-electron chi connectivity index (χ2n) is 37.4. The molecule has 6 unspecified atom stereocenters. The van der Waals surface area contributed by atoms with Crippen LogP contribution in [-0.2, 0) is 78.9 Å². The number of methoxy groups -OCH3 is 3. The van der Waals surface area contributed by atoms with E-state index in [-0.39, 0.29) is 156 Å². The van der Waals surface area contributed by atoms with Crippen molar-refractivity contribution in [2.24, 2.45) is 29.6 Å². The Morgan fingerprint density at radius 3 is 1.14 bits per heavy atom. The Balaban J connectivity index is 0.000000276. The number of aromatic nitrogens is 2. The van der Waals surface area contributed by atoms with Crippen molar-refractivity contribution in [3.63, 3.8) is 0 Å². The van der Waals surface area contributed by atoms with E-state index in [0.717, 1.165) is 123 Å². The molecule has 6 heterocycles. The SMILES string of the molecule is CCc1cccc(-n2nc(C)cc2C(=O)Nc2cc(C(CCC3CC3)N3C=CCCC3=O)ccc2F)c1.COC(=O)Nc1cc(C(CCC2CC2)N2C(=O)CCCC2=O)ccc1F.COC(=O)Nc1cc(C(CCC2CC2)N2C(=O)CCCC2O)ccc1F.COC(=O)Nc1cc(C(CCC2CC2)N2C=CCCC2=O)ccc1F.CS(=O)(=O)Cl.Nc1cc(C(CCC2CC2)N2C=CCCC2=O)ccc1F.O.O.[HH].[Na+].[OH-].[Pd]. The maximum atomic E-state index is 14.9. The molecular weight excluding hydrogens is 2030 g/mol. The van der Waals surface area contributed by atoms with Crippen molar-refractivity contribution in [3.8, 4) is 5.69 Å². The van der Waals surface area contributed by atoms with Gasteiger partial charge in [-0.1, -0.05) is 132 Å². The molecule has 7 fully saturated rings. The predicted octanol–water partition coefficient (Wildman–Crippen LogP) is 17.6. The van der Waals surface area contributed by atoms with Crippen molar-refractivity contribution in [2.75, 3.05) is 54.6 Å². The van der Waals surface area contributed by atoms with Gasteiger partial charge in [-0.3, -0.25) is 54.4 Å². The zero-order chi connectivity index (χ0) is 100. The Kier molecular flexibility index (Phi) is 48.6. The van der Waals surface area contributed by atoms with E-state index < -0.39 is 74.6 Å². The van der Waals surface area contributed by atoms with Crippen LogP contribution in [-0.4, -0.2) is 158 Å². The largest absolute Gasteiger partial charge is 1.00 e. The van der Waals surface area contributed by atoms with Gasteiger partial charge in [-0.25, -0.2) is 49.4 Å². The quantitative estimate of drug-likeness (QED) is 0.00569. The maximum Gasteiger partial charge on any atom is 1.00 e. The number of allylic oxidation sites excluding steroid dienone is 3. The Morgan fingerprint density at radius 1 is 0.469 bits per heavy atom. The van der Waals surface area contributed by atoms with Gasteiger partial charge >= 0.3 is 47.8 Å². The fraction of sp³-hybridized carbons (Fsp3) is 0.476. The number of ether oxygens (including phenoxy) is 3. The molecule has 17 rings (SSSR count). The second-order valence-corrected chi connectivity index (χ2v) is 40.4. The number of halogens is 6. The first-order chi connectivity index (χ1) is 67.1. The summed E-state index contributed by atoms with van der Waals surface area (Å²) in [4.78, 5) is 130. The van der Waals surface area contributed by atoms with E-state index >= 15 is 0 Å². The summed E-state index contributed by atoms with van der Waals surface area (Å²) in [6.45, 7) is 3.90. The van der Waals surface area contributed by atoms with Crippen molar-refractivity contribution in [2.45, 2.75) is 262 Å². The molecule has 1 aromatic heterocycles. The van der Waals surface area contributed by atoms with Crippen molar-refractivity contribution in [1.82, 2.24) is 34.3 Å². The molecule has 12 N–H and O–H groups in total. The fourth-order valence-electron chi connectivity index (χ4n) is 17.9. The number of nitrogens with zero attached hydrogens (tertiary/aromatic N) is 7. The average Bonchev–Trinajstić information content (AvgIpc) is 1.78. The number of carbonyl (C=O) groups excluding carboxylic acids is 10. The van der Waals surface area contributed by atoms with Crippen LogP contribution in [0.25, 0.3) is 5.69 Å². The molecule has 5 aliphatic carbocycles. The number of nitrogens with two attached hydrogens (primary N) is 1. The molecule has 31 nitrogen and oxygen atoms in total. The molecule has 10 aliphatic rings. The molecule has 0 spiro atoms. The number of rotatable bonds is 32. The van der Waals surface area contributed by atoms with Gasteiger partial charge < -0.3 is 66.4 Å². The summed E-state index contributed by atoms with van der Waals surface area (Å²) in [7, 11) is 4.94. The topological polar surface area (TPSA) is 454 Å². The first kappa shape index (κ1) is 121. The zero-order valence-electron chi connectivity index (χ0n) is 82.9. The van der Waals surface area contributed by atoms with E-state index in [2.05, 4.69) is 58.2 Å². The van der Waals surface area contributed by atoms with Crippen LogP contribution in [0.3, 0.4) is 0 Å². The summed E-state index contributed by atoms with van der Waals surface area (Å²) in [6, 6.07) is 31.3. The minimum Gasteiger partial charge on any atom is -0.870 e. The molecule has 5 saturated carbocycles. The van der Waals surface area contributed by atoms with Crippen LogP contribution in [0.2, 0.25) is 0 Å². The van der Waals surface area contributed by atoms with Gasteiger partial charge in [0, 0.05) is 89.7 Å². The van der Waals surface area contributed by atoms with E-state index in [1.54, 1.807) is 74.0 Å². The van der Waals surface area contributed by atoms with Gasteiger partial charge in [0.2, 0.25) is 44.5 Å². The summed E-state index contributed by atoms with van der Waals surface area (Å²) in [5.74, 6) is 0.314. The number of amides is 10. The minimum atomic E-state index is -3.19. The Morgan fingerprint density at radius 2 is 0.800 bits per heavy atom.